The Morgan fingerprint density at radius 3 is 2.74 bits per heavy atom. The van der Waals surface area contributed by atoms with Crippen molar-refractivity contribution in [2.75, 3.05) is 25.1 Å². The molecule has 1 aromatic rings. The lowest BCUT2D eigenvalue weighted by molar-refractivity contribution is 0.0696. The van der Waals surface area contributed by atoms with Crippen molar-refractivity contribution >= 4 is 11.7 Å². The molecule has 1 rings (SSSR count). The van der Waals surface area contributed by atoms with Crippen LogP contribution in [0.15, 0.2) is 6.07 Å². The first-order chi connectivity index (χ1) is 8.91. The summed E-state index contributed by atoms with van der Waals surface area (Å²) >= 11 is 0. The van der Waals surface area contributed by atoms with Gasteiger partial charge in [-0.15, -0.1) is 0 Å². The van der Waals surface area contributed by atoms with Crippen molar-refractivity contribution in [3.05, 3.63) is 23.0 Å². The van der Waals surface area contributed by atoms with E-state index in [2.05, 4.69) is 24.1 Å². The molecule has 0 amide bonds. The molecule has 0 spiro atoms. The number of aryl methyl sites for hydroxylation is 2. The first kappa shape index (κ1) is 15.4. The third kappa shape index (κ3) is 4.87. The van der Waals surface area contributed by atoms with E-state index in [0.29, 0.717) is 37.1 Å². The molecule has 0 bridgehead atoms. The Morgan fingerprint density at radius 2 is 2.16 bits per heavy atom. The Kier molecular flexibility index (Phi) is 5.76. The van der Waals surface area contributed by atoms with E-state index in [4.69, 9.17) is 4.74 Å². The molecule has 0 saturated carbocycles. The summed E-state index contributed by atoms with van der Waals surface area (Å²) in [6.07, 6.45) is 0. The van der Waals surface area contributed by atoms with Crippen LogP contribution in [0.25, 0.3) is 0 Å². The van der Waals surface area contributed by atoms with Crippen LogP contribution in [0.1, 0.15) is 35.6 Å². The van der Waals surface area contributed by atoms with Gasteiger partial charge in [-0.1, -0.05) is 13.8 Å². The normalized spacial score (nSPS) is 10.8. The van der Waals surface area contributed by atoms with Crippen molar-refractivity contribution in [1.82, 2.24) is 4.98 Å². The summed E-state index contributed by atoms with van der Waals surface area (Å²) in [6.45, 7) is 9.57. The summed E-state index contributed by atoms with van der Waals surface area (Å²) in [5, 5.41) is 12.3. The molecule has 0 aromatic carbocycles. The smallest absolute Gasteiger partial charge is 0.339 e. The Bertz CT molecular complexity index is 445. The molecule has 1 heterocycles. The zero-order valence-electron chi connectivity index (χ0n) is 12.0. The Labute approximate surface area is 114 Å². The molecule has 0 unspecified atom stereocenters. The van der Waals surface area contributed by atoms with Crippen molar-refractivity contribution in [3.8, 4) is 0 Å². The Balaban J connectivity index is 2.64. The largest absolute Gasteiger partial charge is 0.478 e. The molecule has 1 aromatic heterocycles. The van der Waals surface area contributed by atoms with Crippen molar-refractivity contribution in [2.45, 2.75) is 27.7 Å². The van der Waals surface area contributed by atoms with Crippen molar-refractivity contribution < 1.29 is 14.6 Å². The van der Waals surface area contributed by atoms with Crippen LogP contribution in [-0.2, 0) is 4.74 Å². The van der Waals surface area contributed by atoms with Crippen molar-refractivity contribution in [1.29, 1.82) is 0 Å². The van der Waals surface area contributed by atoms with Crippen LogP contribution in [0.3, 0.4) is 0 Å². The van der Waals surface area contributed by atoms with Gasteiger partial charge in [-0.2, -0.15) is 0 Å². The third-order valence-corrected chi connectivity index (χ3v) is 2.56. The molecule has 19 heavy (non-hydrogen) atoms. The van der Waals surface area contributed by atoms with Gasteiger partial charge in [-0.25, -0.2) is 4.79 Å². The second-order valence-electron chi connectivity index (χ2n) is 4.97. The van der Waals surface area contributed by atoms with E-state index >= 15 is 0 Å². The maximum Gasteiger partial charge on any atom is 0.339 e. The highest BCUT2D eigenvalue weighted by atomic mass is 16.5. The number of hydrogen-bond donors (Lipinski definition) is 2. The van der Waals surface area contributed by atoms with E-state index in [1.54, 1.807) is 13.0 Å². The van der Waals surface area contributed by atoms with Gasteiger partial charge >= 0.3 is 5.97 Å². The summed E-state index contributed by atoms with van der Waals surface area (Å²) in [4.78, 5) is 15.4. The molecule has 0 fully saturated rings. The lowest BCUT2D eigenvalue weighted by Crippen LogP contribution is -2.15. The fourth-order valence-corrected chi connectivity index (χ4v) is 1.81. The Morgan fingerprint density at radius 1 is 1.47 bits per heavy atom. The number of nitrogens with one attached hydrogen (secondary N) is 1. The molecular formula is C14H22N2O3. The SMILES string of the molecule is Cc1cc(NCCOCC(C)C)c(C(=O)O)c(C)n1. The van der Waals surface area contributed by atoms with Crippen LogP contribution < -0.4 is 5.32 Å². The van der Waals surface area contributed by atoms with Gasteiger partial charge in [0.1, 0.15) is 5.56 Å². The molecule has 0 aliphatic rings. The maximum absolute atomic E-state index is 11.2. The molecule has 5 nitrogen and oxygen atoms in total. The molecule has 0 radical (unpaired) electrons. The van der Waals surface area contributed by atoms with Crippen LogP contribution >= 0.6 is 0 Å². The van der Waals surface area contributed by atoms with Crippen molar-refractivity contribution in [3.63, 3.8) is 0 Å². The number of rotatable bonds is 7. The summed E-state index contributed by atoms with van der Waals surface area (Å²) in [5.41, 5.74) is 2.16. The molecule has 0 saturated heterocycles. The number of ether oxygens (including phenoxy) is 1. The van der Waals surface area contributed by atoms with Crippen molar-refractivity contribution in [2.24, 2.45) is 5.92 Å². The van der Waals surface area contributed by atoms with Gasteiger partial charge in [0.05, 0.1) is 18.0 Å². The van der Waals surface area contributed by atoms with Gasteiger partial charge in [-0.3, -0.25) is 4.98 Å². The van der Waals surface area contributed by atoms with Gasteiger partial charge in [0.15, 0.2) is 0 Å². The highest BCUT2D eigenvalue weighted by Gasteiger charge is 2.14. The number of carboxylic acid groups (broad SMARTS) is 1. The molecule has 0 aliphatic carbocycles. The maximum atomic E-state index is 11.2. The standard InChI is InChI=1S/C14H22N2O3/c1-9(2)8-19-6-5-15-12-7-10(3)16-11(4)13(12)14(17)18/h7,9H,5-6,8H2,1-4H3,(H,15,16)(H,17,18). The minimum atomic E-state index is -0.962. The van der Waals surface area contributed by atoms with E-state index in [9.17, 15) is 9.90 Å². The third-order valence-electron chi connectivity index (χ3n) is 2.56. The average Bonchev–Trinajstić information content (AvgIpc) is 2.26. The summed E-state index contributed by atoms with van der Waals surface area (Å²) in [6, 6.07) is 1.75. The summed E-state index contributed by atoms with van der Waals surface area (Å²) in [5.74, 6) is -0.462. The number of aromatic nitrogens is 1. The second-order valence-corrected chi connectivity index (χ2v) is 4.97. The van der Waals surface area contributed by atoms with Gasteiger partial charge in [0.25, 0.3) is 0 Å². The van der Waals surface area contributed by atoms with Gasteiger partial charge in [0, 0.05) is 18.8 Å². The fraction of sp³-hybridized carbons (Fsp3) is 0.571. The monoisotopic (exact) mass is 266 g/mol. The highest BCUT2D eigenvalue weighted by Crippen LogP contribution is 2.19. The molecule has 0 aliphatic heterocycles. The van der Waals surface area contributed by atoms with Gasteiger partial charge < -0.3 is 15.2 Å². The van der Waals surface area contributed by atoms with Gasteiger partial charge in [-0.05, 0) is 25.8 Å². The Hall–Kier alpha value is -1.62. The van der Waals surface area contributed by atoms with E-state index in [1.165, 1.54) is 0 Å². The summed E-state index contributed by atoms with van der Waals surface area (Å²) < 4.78 is 5.45. The topological polar surface area (TPSA) is 71.5 Å². The molecule has 2 N–H and O–H groups in total. The summed E-state index contributed by atoms with van der Waals surface area (Å²) in [7, 11) is 0. The number of aromatic carboxylic acids is 1. The highest BCUT2D eigenvalue weighted by molar-refractivity contribution is 5.95. The van der Waals surface area contributed by atoms with Crippen LogP contribution in [0.4, 0.5) is 5.69 Å². The molecule has 5 heteroatoms. The van der Waals surface area contributed by atoms with E-state index in [0.717, 1.165) is 5.69 Å². The van der Waals surface area contributed by atoms with Crippen LogP contribution in [0.2, 0.25) is 0 Å². The van der Waals surface area contributed by atoms with Gasteiger partial charge in [0.2, 0.25) is 0 Å². The second kappa shape index (κ2) is 7.09. The number of hydrogen-bond acceptors (Lipinski definition) is 4. The minimum Gasteiger partial charge on any atom is -0.478 e. The zero-order valence-corrected chi connectivity index (χ0v) is 12.0. The lowest BCUT2D eigenvalue weighted by Gasteiger charge is -2.13. The molecule has 0 atom stereocenters. The zero-order chi connectivity index (χ0) is 14.4. The predicted octanol–water partition coefficient (Wildman–Crippen LogP) is 2.48. The van der Waals surface area contributed by atoms with E-state index < -0.39 is 5.97 Å². The van der Waals surface area contributed by atoms with E-state index in [1.807, 2.05) is 6.92 Å². The van der Waals surface area contributed by atoms with Crippen LogP contribution in [0, 0.1) is 19.8 Å². The quantitative estimate of drug-likeness (QED) is 0.742. The van der Waals surface area contributed by atoms with Crippen LogP contribution in [-0.4, -0.2) is 35.8 Å². The lowest BCUT2D eigenvalue weighted by atomic mass is 10.1. The van der Waals surface area contributed by atoms with E-state index in [-0.39, 0.29) is 5.56 Å². The van der Waals surface area contributed by atoms with Crippen LogP contribution in [0.5, 0.6) is 0 Å². The number of carbonyl (C=O) groups is 1. The number of nitrogens with zero attached hydrogens (tertiary/aromatic N) is 1. The average molecular weight is 266 g/mol. The molecule has 106 valence electrons. The number of carboxylic acids is 1. The molecular weight excluding hydrogens is 244 g/mol. The first-order valence-corrected chi connectivity index (χ1v) is 6.45. The minimum absolute atomic E-state index is 0.231. The fourth-order valence-electron chi connectivity index (χ4n) is 1.81. The predicted molar refractivity (Wildman–Crippen MR) is 74.8 cm³/mol. The number of anilines is 1. The first-order valence-electron chi connectivity index (χ1n) is 6.45. The number of pyridine rings is 1.